The average Bonchev–Trinajstić information content (AvgIpc) is 2.36. The van der Waals surface area contributed by atoms with Crippen molar-refractivity contribution in [3.8, 4) is 0 Å². The first-order valence-electron chi connectivity index (χ1n) is 5.86. The van der Waals surface area contributed by atoms with Gasteiger partial charge < -0.3 is 15.5 Å². The number of likely N-dealkylation sites (N-methyl/N-ethyl adjacent to an activating group) is 1. The number of guanidine groups is 2. The van der Waals surface area contributed by atoms with E-state index >= 15 is 0 Å². The zero-order valence-corrected chi connectivity index (χ0v) is 11.2. The second-order valence-electron chi connectivity index (χ2n) is 4.35. The Balaban J connectivity index is 2.50. The summed E-state index contributed by atoms with van der Waals surface area (Å²) in [5.41, 5.74) is 7.09. The van der Waals surface area contributed by atoms with Crippen LogP contribution in [-0.2, 0) is 6.42 Å². The maximum atomic E-state index is 7.60. The molecule has 1 aromatic rings. The van der Waals surface area contributed by atoms with Crippen molar-refractivity contribution in [1.82, 2.24) is 9.80 Å². The van der Waals surface area contributed by atoms with Crippen molar-refractivity contribution in [2.24, 2.45) is 10.7 Å². The Kier molecular flexibility index (Phi) is 5.17. The maximum Gasteiger partial charge on any atom is 0.220 e. The Morgan fingerprint density at radius 3 is 2.39 bits per heavy atom. The summed E-state index contributed by atoms with van der Waals surface area (Å²) < 4.78 is 0. The van der Waals surface area contributed by atoms with Crippen LogP contribution in [0.25, 0.3) is 0 Å². The molecule has 1 aromatic carbocycles. The predicted molar refractivity (Wildman–Crippen MR) is 75.8 cm³/mol. The average molecular weight is 247 g/mol. The molecule has 0 aliphatic carbocycles. The molecule has 3 N–H and O–H groups in total. The van der Waals surface area contributed by atoms with Crippen molar-refractivity contribution in [2.75, 3.05) is 27.7 Å². The van der Waals surface area contributed by atoms with Gasteiger partial charge in [0.25, 0.3) is 0 Å². The van der Waals surface area contributed by atoms with Gasteiger partial charge >= 0.3 is 0 Å². The SMILES string of the molecule is CN(C)C(=N)N=C(N)N(C)CCc1ccccc1. The van der Waals surface area contributed by atoms with Crippen molar-refractivity contribution in [1.29, 1.82) is 5.41 Å². The van der Waals surface area contributed by atoms with Crippen LogP contribution in [0, 0.1) is 5.41 Å². The lowest BCUT2D eigenvalue weighted by Gasteiger charge is -2.19. The van der Waals surface area contributed by atoms with Gasteiger partial charge in [0.15, 0.2) is 5.96 Å². The summed E-state index contributed by atoms with van der Waals surface area (Å²) in [4.78, 5) is 7.48. The summed E-state index contributed by atoms with van der Waals surface area (Å²) in [5, 5.41) is 7.60. The molecule has 5 heteroatoms. The third kappa shape index (κ3) is 4.45. The van der Waals surface area contributed by atoms with Crippen molar-refractivity contribution < 1.29 is 0 Å². The number of rotatable bonds is 3. The number of aliphatic imine (C=N–C) groups is 1. The van der Waals surface area contributed by atoms with Crippen molar-refractivity contribution in [3.05, 3.63) is 35.9 Å². The second kappa shape index (κ2) is 6.64. The first-order chi connectivity index (χ1) is 8.50. The van der Waals surface area contributed by atoms with Gasteiger partial charge in [-0.25, -0.2) is 0 Å². The molecule has 0 saturated carbocycles. The number of nitrogens with two attached hydrogens (primary N) is 1. The van der Waals surface area contributed by atoms with E-state index in [1.807, 2.05) is 30.1 Å². The lowest BCUT2D eigenvalue weighted by atomic mass is 10.1. The number of hydrogen-bond acceptors (Lipinski definition) is 1. The fourth-order valence-corrected chi connectivity index (χ4v) is 1.35. The minimum atomic E-state index is 0.152. The molecular formula is C13H21N5. The highest BCUT2D eigenvalue weighted by Gasteiger charge is 2.04. The summed E-state index contributed by atoms with van der Waals surface area (Å²) in [7, 11) is 5.41. The van der Waals surface area contributed by atoms with E-state index in [9.17, 15) is 0 Å². The molecule has 98 valence electrons. The molecule has 0 aliphatic heterocycles. The summed E-state index contributed by atoms with van der Waals surface area (Å²) in [6.07, 6.45) is 0.906. The minimum Gasteiger partial charge on any atom is -0.369 e. The highest BCUT2D eigenvalue weighted by molar-refractivity contribution is 5.92. The molecule has 1 rings (SSSR count). The highest BCUT2D eigenvalue weighted by Crippen LogP contribution is 2.00. The van der Waals surface area contributed by atoms with Crippen LogP contribution >= 0.6 is 0 Å². The quantitative estimate of drug-likeness (QED) is 0.618. The first-order valence-corrected chi connectivity index (χ1v) is 5.86. The lowest BCUT2D eigenvalue weighted by Crippen LogP contribution is -2.37. The molecule has 0 aliphatic rings. The molecule has 0 radical (unpaired) electrons. The minimum absolute atomic E-state index is 0.152. The fourth-order valence-electron chi connectivity index (χ4n) is 1.35. The second-order valence-corrected chi connectivity index (χ2v) is 4.35. The Labute approximate surface area is 108 Å². The number of nitrogens with one attached hydrogen (secondary N) is 1. The third-order valence-corrected chi connectivity index (χ3v) is 2.61. The smallest absolute Gasteiger partial charge is 0.220 e. The van der Waals surface area contributed by atoms with Crippen LogP contribution in [0.2, 0.25) is 0 Å². The van der Waals surface area contributed by atoms with E-state index in [1.54, 1.807) is 19.0 Å². The van der Waals surface area contributed by atoms with Crippen molar-refractivity contribution in [2.45, 2.75) is 6.42 Å². The van der Waals surface area contributed by atoms with Crippen LogP contribution < -0.4 is 5.73 Å². The van der Waals surface area contributed by atoms with Crippen LogP contribution in [0.4, 0.5) is 0 Å². The zero-order valence-electron chi connectivity index (χ0n) is 11.2. The van der Waals surface area contributed by atoms with Crippen LogP contribution in [0.3, 0.4) is 0 Å². The van der Waals surface area contributed by atoms with Gasteiger partial charge in [-0.1, -0.05) is 30.3 Å². The number of benzene rings is 1. The Morgan fingerprint density at radius 2 is 1.83 bits per heavy atom. The van der Waals surface area contributed by atoms with Gasteiger partial charge in [-0.15, -0.1) is 0 Å². The van der Waals surface area contributed by atoms with E-state index < -0.39 is 0 Å². The van der Waals surface area contributed by atoms with Crippen molar-refractivity contribution >= 4 is 11.9 Å². The molecular weight excluding hydrogens is 226 g/mol. The van der Waals surface area contributed by atoms with E-state index in [-0.39, 0.29) is 5.96 Å². The summed E-state index contributed by atoms with van der Waals surface area (Å²) in [6, 6.07) is 10.2. The van der Waals surface area contributed by atoms with E-state index in [0.717, 1.165) is 13.0 Å². The first kappa shape index (κ1) is 14.0. The van der Waals surface area contributed by atoms with Gasteiger partial charge in [-0.3, -0.25) is 5.41 Å². The lowest BCUT2D eigenvalue weighted by molar-refractivity contribution is 0.501. The molecule has 5 nitrogen and oxygen atoms in total. The van der Waals surface area contributed by atoms with Crippen LogP contribution in [0.15, 0.2) is 35.3 Å². The van der Waals surface area contributed by atoms with Crippen LogP contribution in [0.5, 0.6) is 0 Å². The highest BCUT2D eigenvalue weighted by atomic mass is 15.3. The molecule has 0 fully saturated rings. The predicted octanol–water partition coefficient (Wildman–Crippen LogP) is 0.972. The van der Waals surface area contributed by atoms with Gasteiger partial charge in [0.2, 0.25) is 5.96 Å². The summed E-state index contributed by atoms with van der Waals surface area (Å²) in [5.74, 6) is 0.517. The molecule has 0 unspecified atom stereocenters. The Morgan fingerprint density at radius 1 is 1.22 bits per heavy atom. The zero-order chi connectivity index (χ0) is 13.5. The fraction of sp³-hybridized carbons (Fsp3) is 0.385. The molecule has 0 heterocycles. The monoisotopic (exact) mass is 247 g/mol. The maximum absolute atomic E-state index is 7.60. The van der Waals surface area contributed by atoms with Gasteiger partial charge in [0, 0.05) is 27.7 Å². The Bertz CT molecular complexity index is 411. The van der Waals surface area contributed by atoms with E-state index in [0.29, 0.717) is 5.96 Å². The molecule has 0 spiro atoms. The summed E-state index contributed by atoms with van der Waals surface area (Å²) in [6.45, 7) is 0.778. The third-order valence-electron chi connectivity index (χ3n) is 2.61. The standard InChI is InChI=1S/C13H21N5/c1-17(2)12(14)16-13(15)18(3)10-9-11-7-5-4-6-8-11/h4-8H,9-10H2,1-3H3,(H3,14,15,16). The van der Waals surface area contributed by atoms with Crippen LogP contribution in [0.1, 0.15) is 5.56 Å². The van der Waals surface area contributed by atoms with E-state index in [4.69, 9.17) is 11.1 Å². The van der Waals surface area contributed by atoms with Gasteiger partial charge in [0.05, 0.1) is 0 Å². The normalized spacial score (nSPS) is 11.2. The van der Waals surface area contributed by atoms with Gasteiger partial charge in [-0.05, 0) is 12.0 Å². The molecule has 0 saturated heterocycles. The van der Waals surface area contributed by atoms with Gasteiger partial charge in [-0.2, -0.15) is 4.99 Å². The van der Waals surface area contributed by atoms with Crippen LogP contribution in [-0.4, -0.2) is 49.4 Å². The molecule has 18 heavy (non-hydrogen) atoms. The molecule has 0 bridgehead atoms. The summed E-state index contributed by atoms with van der Waals surface area (Å²) >= 11 is 0. The Hall–Kier alpha value is -2.04. The van der Waals surface area contributed by atoms with Crippen molar-refractivity contribution in [3.63, 3.8) is 0 Å². The molecule has 0 atom stereocenters. The molecule has 0 amide bonds. The molecule has 0 aromatic heterocycles. The largest absolute Gasteiger partial charge is 0.369 e. The topological polar surface area (TPSA) is 68.7 Å². The number of nitrogens with zero attached hydrogens (tertiary/aromatic N) is 3. The van der Waals surface area contributed by atoms with E-state index in [2.05, 4.69) is 17.1 Å². The van der Waals surface area contributed by atoms with E-state index in [1.165, 1.54) is 5.56 Å². The number of hydrogen-bond donors (Lipinski definition) is 2. The van der Waals surface area contributed by atoms with Gasteiger partial charge in [0.1, 0.15) is 0 Å².